The lowest BCUT2D eigenvalue weighted by Crippen LogP contribution is -2.26. The second kappa shape index (κ2) is 7.02. The van der Waals surface area contributed by atoms with E-state index in [9.17, 15) is 0 Å². The Morgan fingerprint density at radius 3 is 1.47 bits per heavy atom. The Bertz CT molecular complexity index is 312. The van der Waals surface area contributed by atoms with E-state index in [1.807, 2.05) is 0 Å². The molecule has 110 valence electrons. The molecule has 0 fully saturated rings. The van der Waals surface area contributed by atoms with Crippen molar-refractivity contribution >= 4 is 16.6 Å². The summed E-state index contributed by atoms with van der Waals surface area (Å²) in [7, 11) is -2.73. The van der Waals surface area contributed by atoms with Crippen molar-refractivity contribution in [2.45, 2.75) is 58.5 Å². The predicted molar refractivity (Wildman–Crippen MR) is 88.6 cm³/mol. The van der Waals surface area contributed by atoms with E-state index in [0.717, 1.165) is 32.5 Å². The maximum absolute atomic E-state index is 5.94. The standard InChI is InChI=1S/C15H30O2Si2/c1-18(2,3)16-12-10-14-8-7-9-15(14)11-13-17-19(4,5)6/h8-9H,7,10-13H2,1-6H3. The van der Waals surface area contributed by atoms with Crippen LogP contribution in [0.15, 0.2) is 23.3 Å². The van der Waals surface area contributed by atoms with Crippen molar-refractivity contribution in [1.82, 2.24) is 0 Å². The monoisotopic (exact) mass is 298 g/mol. The molecule has 0 atom stereocenters. The van der Waals surface area contributed by atoms with E-state index in [0.29, 0.717) is 0 Å². The predicted octanol–water partition coefficient (Wildman–Crippen LogP) is 4.73. The van der Waals surface area contributed by atoms with Crippen molar-refractivity contribution in [2.75, 3.05) is 13.2 Å². The first-order valence-electron chi connectivity index (χ1n) is 7.34. The van der Waals surface area contributed by atoms with Gasteiger partial charge >= 0.3 is 0 Å². The van der Waals surface area contributed by atoms with Crippen molar-refractivity contribution in [3.05, 3.63) is 23.3 Å². The molecule has 0 N–H and O–H groups in total. The van der Waals surface area contributed by atoms with E-state index in [4.69, 9.17) is 8.85 Å². The minimum absolute atomic E-state index is 0.869. The van der Waals surface area contributed by atoms with Crippen molar-refractivity contribution in [3.63, 3.8) is 0 Å². The summed E-state index contributed by atoms with van der Waals surface area (Å²) in [6.07, 6.45) is 7.89. The summed E-state index contributed by atoms with van der Waals surface area (Å²) in [5, 5.41) is 0. The summed E-state index contributed by atoms with van der Waals surface area (Å²) in [6, 6.07) is 0. The minimum atomic E-state index is -1.37. The Labute approximate surface area is 121 Å². The largest absolute Gasteiger partial charge is 0.417 e. The molecule has 0 aliphatic heterocycles. The van der Waals surface area contributed by atoms with E-state index >= 15 is 0 Å². The van der Waals surface area contributed by atoms with E-state index < -0.39 is 16.6 Å². The molecule has 1 rings (SSSR count). The molecule has 0 amide bonds. The van der Waals surface area contributed by atoms with Gasteiger partial charge in [0.15, 0.2) is 16.6 Å². The summed E-state index contributed by atoms with van der Waals surface area (Å²) < 4.78 is 11.9. The van der Waals surface area contributed by atoms with Crippen molar-refractivity contribution < 1.29 is 8.85 Å². The van der Waals surface area contributed by atoms with Crippen LogP contribution in [0.4, 0.5) is 0 Å². The third-order valence-corrected chi connectivity index (χ3v) is 5.09. The zero-order chi connectivity index (χ0) is 14.5. The van der Waals surface area contributed by atoms with Gasteiger partial charge in [-0.15, -0.1) is 0 Å². The molecule has 0 heterocycles. The Hall–Kier alpha value is -0.166. The molecule has 0 bridgehead atoms. The first kappa shape index (κ1) is 16.9. The molecule has 0 spiro atoms. The van der Waals surface area contributed by atoms with E-state index in [1.54, 1.807) is 0 Å². The summed E-state index contributed by atoms with van der Waals surface area (Å²) in [5.41, 5.74) is 2.97. The van der Waals surface area contributed by atoms with Crippen LogP contribution in [0.1, 0.15) is 19.3 Å². The molecule has 0 aromatic rings. The van der Waals surface area contributed by atoms with Gasteiger partial charge in [0.1, 0.15) is 0 Å². The lowest BCUT2D eigenvalue weighted by Gasteiger charge is -2.19. The van der Waals surface area contributed by atoms with Gasteiger partial charge < -0.3 is 8.85 Å². The third kappa shape index (κ3) is 7.87. The molecule has 0 saturated carbocycles. The third-order valence-electron chi connectivity index (χ3n) is 2.95. The molecular weight excluding hydrogens is 268 g/mol. The first-order chi connectivity index (χ1) is 8.67. The molecule has 2 nitrogen and oxygen atoms in total. The van der Waals surface area contributed by atoms with Gasteiger partial charge in [0.2, 0.25) is 0 Å². The van der Waals surface area contributed by atoms with Crippen LogP contribution < -0.4 is 0 Å². The summed E-state index contributed by atoms with van der Waals surface area (Å²) >= 11 is 0. The van der Waals surface area contributed by atoms with E-state index in [1.165, 1.54) is 11.1 Å². The van der Waals surface area contributed by atoms with Crippen LogP contribution in [0.3, 0.4) is 0 Å². The van der Waals surface area contributed by atoms with E-state index in [2.05, 4.69) is 51.4 Å². The van der Waals surface area contributed by atoms with Gasteiger partial charge in [-0.05, 0) is 69.7 Å². The van der Waals surface area contributed by atoms with Gasteiger partial charge in [0, 0.05) is 13.2 Å². The highest BCUT2D eigenvalue weighted by Crippen LogP contribution is 2.26. The molecule has 1 aliphatic rings. The molecule has 19 heavy (non-hydrogen) atoms. The first-order valence-corrected chi connectivity index (χ1v) is 14.2. The van der Waals surface area contributed by atoms with E-state index in [-0.39, 0.29) is 0 Å². The zero-order valence-corrected chi connectivity index (χ0v) is 15.5. The average Bonchev–Trinajstić information content (AvgIpc) is 2.62. The SMILES string of the molecule is C[Si](C)(C)OCCC1=CCC=C1CCO[Si](C)(C)C. The molecule has 0 aromatic carbocycles. The summed E-state index contributed by atoms with van der Waals surface area (Å²) in [5.74, 6) is 0. The highest BCUT2D eigenvalue weighted by atomic mass is 28.4. The van der Waals surface area contributed by atoms with Crippen LogP contribution in [-0.2, 0) is 8.85 Å². The zero-order valence-electron chi connectivity index (χ0n) is 13.5. The highest BCUT2D eigenvalue weighted by molar-refractivity contribution is 6.70. The lowest BCUT2D eigenvalue weighted by atomic mass is 10.0. The molecule has 0 aromatic heterocycles. The fourth-order valence-electron chi connectivity index (χ4n) is 2.07. The van der Waals surface area contributed by atoms with Crippen LogP contribution in [0, 0.1) is 0 Å². The van der Waals surface area contributed by atoms with Crippen LogP contribution in [0.5, 0.6) is 0 Å². The van der Waals surface area contributed by atoms with Gasteiger partial charge in [-0.3, -0.25) is 0 Å². The second-order valence-electron chi connectivity index (χ2n) is 7.12. The average molecular weight is 299 g/mol. The van der Waals surface area contributed by atoms with Crippen LogP contribution >= 0.6 is 0 Å². The summed E-state index contributed by atoms with van der Waals surface area (Å²) in [6.45, 7) is 15.2. The fraction of sp³-hybridized carbons (Fsp3) is 0.733. The second-order valence-corrected chi connectivity index (χ2v) is 16.1. The molecule has 4 heteroatoms. The van der Waals surface area contributed by atoms with Crippen LogP contribution in [-0.4, -0.2) is 29.8 Å². The molecule has 0 unspecified atom stereocenters. The fourth-order valence-corrected chi connectivity index (χ4v) is 3.49. The quantitative estimate of drug-likeness (QED) is 0.603. The van der Waals surface area contributed by atoms with Crippen molar-refractivity contribution in [1.29, 1.82) is 0 Å². The maximum Gasteiger partial charge on any atom is 0.183 e. The normalized spacial score (nSPS) is 16.5. The number of rotatable bonds is 8. The summed E-state index contributed by atoms with van der Waals surface area (Å²) in [4.78, 5) is 0. The Kier molecular flexibility index (Phi) is 6.24. The van der Waals surface area contributed by atoms with Gasteiger partial charge in [-0.1, -0.05) is 12.2 Å². The van der Waals surface area contributed by atoms with Gasteiger partial charge in [0.25, 0.3) is 0 Å². The maximum atomic E-state index is 5.94. The Morgan fingerprint density at radius 2 is 1.16 bits per heavy atom. The molecule has 0 radical (unpaired) electrons. The minimum Gasteiger partial charge on any atom is -0.417 e. The van der Waals surface area contributed by atoms with Gasteiger partial charge in [-0.2, -0.15) is 0 Å². The smallest absolute Gasteiger partial charge is 0.183 e. The molecule has 1 aliphatic carbocycles. The molecule has 0 saturated heterocycles. The number of hydrogen-bond acceptors (Lipinski definition) is 2. The number of allylic oxidation sites excluding steroid dienone is 2. The Balaban J connectivity index is 2.30. The Morgan fingerprint density at radius 1 is 0.789 bits per heavy atom. The van der Waals surface area contributed by atoms with Gasteiger partial charge in [0.05, 0.1) is 0 Å². The van der Waals surface area contributed by atoms with Crippen LogP contribution in [0.2, 0.25) is 39.3 Å². The lowest BCUT2D eigenvalue weighted by molar-refractivity contribution is 0.309. The molecular formula is C15H30O2Si2. The van der Waals surface area contributed by atoms with Crippen LogP contribution in [0.25, 0.3) is 0 Å². The van der Waals surface area contributed by atoms with Crippen molar-refractivity contribution in [2.24, 2.45) is 0 Å². The highest BCUT2D eigenvalue weighted by Gasteiger charge is 2.17. The van der Waals surface area contributed by atoms with Gasteiger partial charge in [-0.25, -0.2) is 0 Å². The van der Waals surface area contributed by atoms with Crippen molar-refractivity contribution in [3.8, 4) is 0 Å². The number of hydrogen-bond donors (Lipinski definition) is 0. The topological polar surface area (TPSA) is 18.5 Å².